The number of nitrogens with zero attached hydrogens (tertiary/aromatic N) is 2. The summed E-state index contributed by atoms with van der Waals surface area (Å²) in [5, 5.41) is 23.1. The van der Waals surface area contributed by atoms with Crippen molar-refractivity contribution in [1.82, 2.24) is 15.5 Å². The molecule has 0 aliphatic heterocycles. The van der Waals surface area contributed by atoms with Crippen LogP contribution in [0.1, 0.15) is 18.4 Å². The molecule has 7 nitrogen and oxygen atoms in total. The monoisotopic (exact) mass is 282 g/mol. The fourth-order valence-electron chi connectivity index (χ4n) is 1.74. The maximum absolute atomic E-state index is 11.7. The molecule has 1 aromatic rings. The molecule has 102 valence electrons. The van der Waals surface area contributed by atoms with Crippen molar-refractivity contribution in [3.63, 3.8) is 0 Å². The van der Waals surface area contributed by atoms with Crippen LogP contribution in [0.3, 0.4) is 0 Å². The van der Waals surface area contributed by atoms with Gasteiger partial charge in [-0.15, -0.1) is 10.2 Å². The molecule has 2 unspecified atom stereocenters. The van der Waals surface area contributed by atoms with Crippen LogP contribution < -0.4 is 10.6 Å². The van der Waals surface area contributed by atoms with Crippen molar-refractivity contribution in [1.29, 1.82) is 0 Å². The van der Waals surface area contributed by atoms with Gasteiger partial charge in [0.25, 0.3) is 0 Å². The zero-order chi connectivity index (χ0) is 13.8. The van der Waals surface area contributed by atoms with E-state index in [0.717, 1.165) is 11.4 Å². The molecule has 0 spiro atoms. The number of aromatic nitrogens is 2. The number of anilines is 1. The largest absolute Gasteiger partial charge is 0.481 e. The molecule has 19 heavy (non-hydrogen) atoms. The van der Waals surface area contributed by atoms with E-state index in [2.05, 4.69) is 20.8 Å². The van der Waals surface area contributed by atoms with E-state index in [1.54, 1.807) is 12.2 Å². The highest BCUT2D eigenvalue weighted by Crippen LogP contribution is 2.19. The van der Waals surface area contributed by atoms with Crippen LogP contribution in [0.4, 0.5) is 9.93 Å². The summed E-state index contributed by atoms with van der Waals surface area (Å²) in [5.41, 5.74) is 0. The Morgan fingerprint density at radius 2 is 2.26 bits per heavy atom. The van der Waals surface area contributed by atoms with E-state index >= 15 is 0 Å². The Hall–Kier alpha value is -1.96. The molecule has 2 atom stereocenters. The quantitative estimate of drug-likeness (QED) is 0.721. The molecule has 1 aliphatic carbocycles. The van der Waals surface area contributed by atoms with Gasteiger partial charge < -0.3 is 10.4 Å². The van der Waals surface area contributed by atoms with Gasteiger partial charge in [-0.1, -0.05) is 30.4 Å². The molecule has 3 N–H and O–H groups in total. The second-order valence-electron chi connectivity index (χ2n) is 4.12. The fourth-order valence-corrected chi connectivity index (χ4v) is 2.41. The van der Waals surface area contributed by atoms with Crippen LogP contribution in [-0.2, 0) is 11.2 Å². The lowest BCUT2D eigenvalue weighted by Crippen LogP contribution is -2.36. The average molecular weight is 282 g/mol. The van der Waals surface area contributed by atoms with Gasteiger partial charge >= 0.3 is 12.0 Å². The first-order chi connectivity index (χ1) is 9.08. The van der Waals surface area contributed by atoms with Crippen LogP contribution >= 0.6 is 11.3 Å². The zero-order valence-corrected chi connectivity index (χ0v) is 11.1. The molecule has 8 heteroatoms. The van der Waals surface area contributed by atoms with Crippen LogP contribution in [0, 0.1) is 5.92 Å². The molecule has 0 saturated heterocycles. The molecule has 0 bridgehead atoms. The number of carbonyl (C=O) groups is 2. The molecule has 1 heterocycles. The standard InChI is InChI=1S/C11H14N4O3S/c1-2-8-14-15-11(19-8)13-10(18)12-7-4-3-6(5-7)9(16)17/h3-4,6-7H,2,5H2,1H3,(H,16,17)(H2,12,13,15,18). The minimum Gasteiger partial charge on any atom is -0.481 e. The minimum atomic E-state index is -0.877. The van der Waals surface area contributed by atoms with Crippen LogP contribution in [0.2, 0.25) is 0 Å². The van der Waals surface area contributed by atoms with Crippen LogP contribution in [0.15, 0.2) is 12.2 Å². The second kappa shape index (κ2) is 5.79. The van der Waals surface area contributed by atoms with Gasteiger partial charge in [0.2, 0.25) is 5.13 Å². The first kappa shape index (κ1) is 13.5. The third kappa shape index (κ3) is 3.50. The molecule has 0 saturated carbocycles. The smallest absolute Gasteiger partial charge is 0.321 e. The topological polar surface area (TPSA) is 104 Å². The summed E-state index contributed by atoms with van der Waals surface area (Å²) in [5.74, 6) is -1.41. The number of nitrogens with one attached hydrogen (secondary N) is 2. The van der Waals surface area contributed by atoms with Crippen LogP contribution in [0.5, 0.6) is 0 Å². The average Bonchev–Trinajstić information content (AvgIpc) is 2.98. The lowest BCUT2D eigenvalue weighted by atomic mass is 10.1. The number of carbonyl (C=O) groups excluding carboxylic acids is 1. The Bertz CT molecular complexity index is 514. The van der Waals surface area contributed by atoms with Crippen molar-refractivity contribution >= 4 is 28.5 Å². The van der Waals surface area contributed by atoms with Gasteiger partial charge in [-0.2, -0.15) is 0 Å². The first-order valence-corrected chi connectivity index (χ1v) is 6.71. The molecule has 2 amide bonds. The number of amides is 2. The number of rotatable bonds is 4. The van der Waals surface area contributed by atoms with Crippen molar-refractivity contribution in [3.05, 3.63) is 17.2 Å². The van der Waals surface area contributed by atoms with Gasteiger partial charge in [-0.05, 0) is 12.8 Å². The van der Waals surface area contributed by atoms with Crippen molar-refractivity contribution in [2.75, 3.05) is 5.32 Å². The second-order valence-corrected chi connectivity index (χ2v) is 5.19. The number of aryl methyl sites for hydroxylation is 1. The summed E-state index contributed by atoms with van der Waals surface area (Å²) in [7, 11) is 0. The number of hydrogen-bond donors (Lipinski definition) is 3. The lowest BCUT2D eigenvalue weighted by molar-refractivity contribution is -0.140. The van der Waals surface area contributed by atoms with Gasteiger partial charge in [0.15, 0.2) is 0 Å². The van der Waals surface area contributed by atoms with Gasteiger partial charge in [0, 0.05) is 0 Å². The summed E-state index contributed by atoms with van der Waals surface area (Å²) < 4.78 is 0. The fraction of sp³-hybridized carbons (Fsp3) is 0.455. The summed E-state index contributed by atoms with van der Waals surface area (Å²) in [6.45, 7) is 1.96. The number of hydrogen-bond acceptors (Lipinski definition) is 5. The maximum Gasteiger partial charge on any atom is 0.321 e. The third-order valence-corrected chi connectivity index (χ3v) is 3.69. The predicted octanol–water partition coefficient (Wildman–Crippen LogP) is 1.25. The summed E-state index contributed by atoms with van der Waals surface area (Å²) in [6, 6.07) is -0.667. The predicted molar refractivity (Wildman–Crippen MR) is 70.1 cm³/mol. The Labute approximate surface area is 113 Å². The van der Waals surface area contributed by atoms with Crippen molar-refractivity contribution in [3.8, 4) is 0 Å². The first-order valence-electron chi connectivity index (χ1n) is 5.89. The van der Waals surface area contributed by atoms with E-state index in [0.29, 0.717) is 11.6 Å². The van der Waals surface area contributed by atoms with E-state index in [1.807, 2.05) is 6.92 Å². The van der Waals surface area contributed by atoms with Crippen molar-refractivity contribution in [2.24, 2.45) is 5.92 Å². The highest BCUT2D eigenvalue weighted by atomic mass is 32.1. The number of urea groups is 1. The molecule has 1 aliphatic rings. The van der Waals surface area contributed by atoms with Crippen molar-refractivity contribution < 1.29 is 14.7 Å². The van der Waals surface area contributed by atoms with E-state index in [9.17, 15) is 9.59 Å². The summed E-state index contributed by atoms with van der Waals surface area (Å²) >= 11 is 1.32. The van der Waals surface area contributed by atoms with Gasteiger partial charge in [-0.3, -0.25) is 10.1 Å². The Morgan fingerprint density at radius 1 is 1.47 bits per heavy atom. The molecule has 0 fully saturated rings. The SMILES string of the molecule is CCc1nnc(NC(=O)NC2C=CC(C(=O)O)C2)s1. The molecule has 0 radical (unpaired) electrons. The van der Waals surface area contributed by atoms with Gasteiger partial charge in [0.05, 0.1) is 12.0 Å². The van der Waals surface area contributed by atoms with E-state index in [4.69, 9.17) is 5.11 Å². The van der Waals surface area contributed by atoms with Crippen LogP contribution in [0.25, 0.3) is 0 Å². The third-order valence-electron chi connectivity index (χ3n) is 2.71. The maximum atomic E-state index is 11.7. The number of aliphatic carboxylic acids is 1. The lowest BCUT2D eigenvalue weighted by Gasteiger charge is -2.11. The molecular formula is C11H14N4O3S. The molecular weight excluding hydrogens is 268 g/mol. The van der Waals surface area contributed by atoms with Crippen molar-refractivity contribution in [2.45, 2.75) is 25.8 Å². The molecule has 1 aromatic heterocycles. The minimum absolute atomic E-state index is 0.264. The van der Waals surface area contributed by atoms with Crippen LogP contribution in [-0.4, -0.2) is 33.3 Å². The van der Waals surface area contributed by atoms with E-state index < -0.39 is 17.9 Å². The van der Waals surface area contributed by atoms with Gasteiger partial charge in [-0.25, -0.2) is 4.79 Å². The zero-order valence-electron chi connectivity index (χ0n) is 10.3. The normalized spacial score (nSPS) is 21.3. The molecule has 2 rings (SSSR count). The highest BCUT2D eigenvalue weighted by Gasteiger charge is 2.25. The highest BCUT2D eigenvalue weighted by molar-refractivity contribution is 7.15. The summed E-state index contributed by atoms with van der Waals surface area (Å²) in [6.07, 6.45) is 4.43. The summed E-state index contributed by atoms with van der Waals surface area (Å²) in [4.78, 5) is 22.4. The Kier molecular flexibility index (Phi) is 4.10. The number of carboxylic acid groups (broad SMARTS) is 1. The van der Waals surface area contributed by atoms with Gasteiger partial charge in [0.1, 0.15) is 5.01 Å². The van der Waals surface area contributed by atoms with E-state index in [1.165, 1.54) is 11.3 Å². The van der Waals surface area contributed by atoms with E-state index in [-0.39, 0.29) is 6.04 Å². The number of carboxylic acids is 1. The Morgan fingerprint density at radius 3 is 2.84 bits per heavy atom. The molecule has 0 aromatic carbocycles. The Balaban J connectivity index is 1.82.